The van der Waals surface area contributed by atoms with Gasteiger partial charge in [0.2, 0.25) is 10.0 Å². The fourth-order valence-corrected chi connectivity index (χ4v) is 4.44. The molecule has 3 rings (SSSR count). The molecule has 160 valence electrons. The summed E-state index contributed by atoms with van der Waals surface area (Å²) in [6.45, 7) is 1.07. The van der Waals surface area contributed by atoms with Gasteiger partial charge in [0, 0.05) is 45.0 Å². The number of hydrogen-bond donors (Lipinski definition) is 1. The van der Waals surface area contributed by atoms with Gasteiger partial charge in [0.1, 0.15) is 5.56 Å². The molecule has 1 N–H and O–H groups in total. The summed E-state index contributed by atoms with van der Waals surface area (Å²) in [6.07, 6.45) is 2.78. The van der Waals surface area contributed by atoms with E-state index >= 15 is 0 Å². The summed E-state index contributed by atoms with van der Waals surface area (Å²) < 4.78 is 28.7. The summed E-state index contributed by atoms with van der Waals surface area (Å²) in [5.41, 5.74) is -0.406. The lowest BCUT2D eigenvalue weighted by Gasteiger charge is -2.32. The lowest BCUT2D eigenvalue weighted by molar-refractivity contribution is -0.384. The number of nitro benzene ring substituents is 1. The number of pyridine rings is 1. The number of nitrogens with one attached hydrogen (secondary N) is 1. The average molecular weight is 434 g/mol. The number of aromatic nitrogens is 1. The molecule has 11 heteroatoms. The summed E-state index contributed by atoms with van der Waals surface area (Å²) in [5, 5.41) is 10.7. The first-order valence-electron chi connectivity index (χ1n) is 9.38. The number of nitrogens with zero attached hydrogens (tertiary/aromatic N) is 3. The SMILES string of the molecule is Cn1cccc(C(=O)N2CCC(CNS(=O)(=O)c3ccc([N+](=O)[O-])cc3)CC2)c1=O. The Morgan fingerprint density at radius 2 is 1.83 bits per heavy atom. The maximum absolute atomic E-state index is 12.6. The Morgan fingerprint density at radius 1 is 1.20 bits per heavy atom. The van der Waals surface area contributed by atoms with Crippen molar-refractivity contribution in [3.05, 3.63) is 68.6 Å². The van der Waals surface area contributed by atoms with Crippen LogP contribution in [0, 0.1) is 16.0 Å². The highest BCUT2D eigenvalue weighted by molar-refractivity contribution is 7.89. The predicted octanol–water partition coefficient (Wildman–Crippen LogP) is 1.12. The van der Waals surface area contributed by atoms with Crippen molar-refractivity contribution in [3.63, 3.8) is 0 Å². The number of carbonyl (C=O) groups is 1. The number of carbonyl (C=O) groups excluding carboxylic acids is 1. The van der Waals surface area contributed by atoms with E-state index in [4.69, 9.17) is 0 Å². The third kappa shape index (κ3) is 4.74. The maximum Gasteiger partial charge on any atom is 0.269 e. The van der Waals surface area contributed by atoms with E-state index in [1.807, 2.05) is 0 Å². The first-order chi connectivity index (χ1) is 14.2. The third-order valence-corrected chi connectivity index (χ3v) is 6.61. The van der Waals surface area contributed by atoms with Gasteiger partial charge < -0.3 is 9.47 Å². The predicted molar refractivity (Wildman–Crippen MR) is 109 cm³/mol. The van der Waals surface area contributed by atoms with Crippen LogP contribution >= 0.6 is 0 Å². The van der Waals surface area contributed by atoms with E-state index in [1.54, 1.807) is 24.2 Å². The van der Waals surface area contributed by atoms with Crippen LogP contribution in [0.1, 0.15) is 23.2 Å². The molecule has 1 fully saturated rings. The summed E-state index contributed by atoms with van der Waals surface area (Å²) in [5.74, 6) is -0.276. The van der Waals surface area contributed by atoms with Crippen LogP contribution in [0.5, 0.6) is 0 Å². The van der Waals surface area contributed by atoms with Crippen molar-refractivity contribution in [2.75, 3.05) is 19.6 Å². The van der Waals surface area contributed by atoms with Gasteiger partial charge in [0.05, 0.1) is 9.82 Å². The Hall–Kier alpha value is -3.05. The number of likely N-dealkylation sites (tertiary alicyclic amines) is 1. The van der Waals surface area contributed by atoms with E-state index in [0.717, 1.165) is 12.1 Å². The van der Waals surface area contributed by atoms with Crippen LogP contribution in [0.3, 0.4) is 0 Å². The second-order valence-corrected chi connectivity index (χ2v) is 8.94. The molecule has 0 atom stereocenters. The number of nitro groups is 1. The van der Waals surface area contributed by atoms with Gasteiger partial charge in [0.15, 0.2) is 0 Å². The average Bonchev–Trinajstić information content (AvgIpc) is 2.74. The van der Waals surface area contributed by atoms with Crippen LogP contribution in [-0.2, 0) is 17.1 Å². The highest BCUT2D eigenvalue weighted by atomic mass is 32.2. The highest BCUT2D eigenvalue weighted by Gasteiger charge is 2.26. The lowest BCUT2D eigenvalue weighted by Crippen LogP contribution is -2.43. The minimum absolute atomic E-state index is 0.0411. The monoisotopic (exact) mass is 434 g/mol. The molecule has 1 saturated heterocycles. The third-order valence-electron chi connectivity index (χ3n) is 5.18. The molecular formula is C19H22N4O6S. The Kier molecular flexibility index (Phi) is 6.32. The molecule has 10 nitrogen and oxygen atoms in total. The molecule has 1 aromatic heterocycles. The minimum atomic E-state index is -3.78. The molecule has 2 heterocycles. The van der Waals surface area contributed by atoms with E-state index in [-0.39, 0.29) is 40.1 Å². The molecule has 0 radical (unpaired) electrons. The molecule has 0 aliphatic carbocycles. The largest absolute Gasteiger partial charge is 0.338 e. The smallest absolute Gasteiger partial charge is 0.269 e. The summed E-state index contributed by atoms with van der Waals surface area (Å²) in [4.78, 5) is 36.4. The highest BCUT2D eigenvalue weighted by Crippen LogP contribution is 2.20. The number of non-ortho nitro benzene ring substituents is 1. The van der Waals surface area contributed by atoms with Crippen molar-refractivity contribution in [2.24, 2.45) is 13.0 Å². The Morgan fingerprint density at radius 3 is 2.43 bits per heavy atom. The number of amides is 1. The van der Waals surface area contributed by atoms with Crippen LogP contribution in [0.15, 0.2) is 52.3 Å². The second kappa shape index (κ2) is 8.76. The van der Waals surface area contributed by atoms with Crippen LogP contribution in [0.25, 0.3) is 0 Å². The molecule has 0 bridgehead atoms. The lowest BCUT2D eigenvalue weighted by atomic mass is 9.97. The van der Waals surface area contributed by atoms with Crippen LogP contribution < -0.4 is 10.3 Å². The second-order valence-electron chi connectivity index (χ2n) is 7.18. The van der Waals surface area contributed by atoms with E-state index in [0.29, 0.717) is 25.9 Å². The van der Waals surface area contributed by atoms with Crippen molar-refractivity contribution in [2.45, 2.75) is 17.7 Å². The molecule has 0 unspecified atom stereocenters. The number of aryl methyl sites for hydroxylation is 1. The first kappa shape index (κ1) is 21.7. The molecule has 0 saturated carbocycles. The molecule has 1 aliphatic rings. The van der Waals surface area contributed by atoms with Gasteiger partial charge in [-0.3, -0.25) is 19.7 Å². The number of piperidine rings is 1. The molecule has 30 heavy (non-hydrogen) atoms. The maximum atomic E-state index is 12.6. The molecule has 2 aromatic rings. The van der Waals surface area contributed by atoms with Gasteiger partial charge >= 0.3 is 0 Å². The fraction of sp³-hybridized carbons (Fsp3) is 0.368. The molecule has 1 aliphatic heterocycles. The van der Waals surface area contributed by atoms with E-state index in [9.17, 15) is 28.1 Å². The van der Waals surface area contributed by atoms with Crippen LogP contribution in [0.2, 0.25) is 0 Å². The topological polar surface area (TPSA) is 132 Å². The zero-order valence-corrected chi connectivity index (χ0v) is 17.2. The Bertz CT molecular complexity index is 1100. The van der Waals surface area contributed by atoms with Gasteiger partial charge in [-0.05, 0) is 43.0 Å². The van der Waals surface area contributed by atoms with Crippen molar-refractivity contribution < 1.29 is 18.1 Å². The Labute approximate surface area is 173 Å². The minimum Gasteiger partial charge on any atom is -0.338 e. The quantitative estimate of drug-likeness (QED) is 0.535. The van der Waals surface area contributed by atoms with Crippen molar-refractivity contribution in [3.8, 4) is 0 Å². The summed E-state index contributed by atoms with van der Waals surface area (Å²) in [7, 11) is -2.20. The van der Waals surface area contributed by atoms with Crippen LogP contribution in [0.4, 0.5) is 5.69 Å². The van der Waals surface area contributed by atoms with Crippen molar-refractivity contribution in [1.82, 2.24) is 14.2 Å². The first-order valence-corrected chi connectivity index (χ1v) is 10.9. The molecule has 1 amide bonds. The number of rotatable bonds is 6. The Balaban J connectivity index is 1.55. The van der Waals surface area contributed by atoms with Gasteiger partial charge in [-0.25, -0.2) is 13.1 Å². The van der Waals surface area contributed by atoms with Gasteiger partial charge in [-0.2, -0.15) is 0 Å². The zero-order chi connectivity index (χ0) is 21.9. The van der Waals surface area contributed by atoms with Gasteiger partial charge in [-0.15, -0.1) is 0 Å². The van der Waals surface area contributed by atoms with E-state index in [1.165, 1.54) is 22.8 Å². The normalized spacial score (nSPS) is 15.2. The van der Waals surface area contributed by atoms with Crippen molar-refractivity contribution in [1.29, 1.82) is 0 Å². The summed E-state index contributed by atoms with van der Waals surface area (Å²) in [6, 6.07) is 7.84. The summed E-state index contributed by atoms with van der Waals surface area (Å²) >= 11 is 0. The molecule has 0 spiro atoms. The molecule has 1 aromatic carbocycles. The number of benzene rings is 1. The van der Waals surface area contributed by atoms with E-state index in [2.05, 4.69) is 4.72 Å². The van der Waals surface area contributed by atoms with E-state index < -0.39 is 14.9 Å². The van der Waals surface area contributed by atoms with Crippen molar-refractivity contribution >= 4 is 21.6 Å². The molecular weight excluding hydrogens is 412 g/mol. The standard InChI is InChI=1S/C19H22N4O6S/c1-21-10-2-3-17(18(21)24)19(25)22-11-8-14(9-12-22)13-20-30(28,29)16-6-4-15(5-7-16)23(26)27/h2-7,10,14,20H,8-9,11-13H2,1H3. The van der Waals surface area contributed by atoms with Gasteiger partial charge in [0.25, 0.3) is 17.2 Å². The van der Waals surface area contributed by atoms with Crippen LogP contribution in [-0.4, -0.2) is 48.3 Å². The number of sulfonamides is 1. The fourth-order valence-electron chi connectivity index (χ4n) is 3.33. The van der Waals surface area contributed by atoms with Gasteiger partial charge in [-0.1, -0.05) is 0 Å². The zero-order valence-electron chi connectivity index (χ0n) is 16.4. The number of hydrogen-bond acceptors (Lipinski definition) is 6.